The SMILES string of the molecule is CC1CN2CCCC2CN1c1ncnc(Cl)c1N. The van der Waals surface area contributed by atoms with Gasteiger partial charge in [0, 0.05) is 25.2 Å². The third-order valence-corrected chi connectivity index (χ3v) is 4.32. The van der Waals surface area contributed by atoms with Crippen LogP contribution >= 0.6 is 11.6 Å². The van der Waals surface area contributed by atoms with Gasteiger partial charge in [0.2, 0.25) is 0 Å². The molecule has 1 aromatic heterocycles. The predicted molar refractivity (Wildman–Crippen MR) is 72.9 cm³/mol. The van der Waals surface area contributed by atoms with Gasteiger partial charge in [-0.05, 0) is 26.3 Å². The van der Waals surface area contributed by atoms with Crippen molar-refractivity contribution in [2.75, 3.05) is 30.3 Å². The lowest BCUT2D eigenvalue weighted by molar-refractivity contribution is 0.202. The van der Waals surface area contributed by atoms with Gasteiger partial charge in [-0.3, -0.25) is 4.90 Å². The Morgan fingerprint density at radius 1 is 1.39 bits per heavy atom. The minimum Gasteiger partial charge on any atom is -0.393 e. The second-order valence-corrected chi connectivity index (χ2v) is 5.55. The summed E-state index contributed by atoms with van der Waals surface area (Å²) in [6, 6.07) is 1.04. The number of nitrogens with zero attached hydrogens (tertiary/aromatic N) is 4. The molecule has 5 nitrogen and oxygen atoms in total. The third-order valence-electron chi connectivity index (χ3n) is 4.02. The summed E-state index contributed by atoms with van der Waals surface area (Å²) in [4.78, 5) is 13.1. The van der Waals surface area contributed by atoms with Crippen molar-refractivity contribution in [2.45, 2.75) is 31.8 Å². The zero-order valence-electron chi connectivity index (χ0n) is 10.5. The first-order chi connectivity index (χ1) is 8.66. The van der Waals surface area contributed by atoms with Gasteiger partial charge in [0.1, 0.15) is 12.0 Å². The maximum atomic E-state index is 6.00. The molecule has 2 N–H and O–H groups in total. The number of anilines is 2. The highest BCUT2D eigenvalue weighted by Crippen LogP contribution is 2.32. The van der Waals surface area contributed by atoms with Crippen LogP contribution in [0.25, 0.3) is 0 Å². The van der Waals surface area contributed by atoms with E-state index < -0.39 is 0 Å². The van der Waals surface area contributed by atoms with Crippen molar-refractivity contribution >= 4 is 23.1 Å². The van der Waals surface area contributed by atoms with Crippen molar-refractivity contribution in [1.82, 2.24) is 14.9 Å². The fourth-order valence-electron chi connectivity index (χ4n) is 3.08. The molecule has 0 amide bonds. The average Bonchev–Trinajstić information content (AvgIpc) is 2.79. The van der Waals surface area contributed by atoms with E-state index in [1.54, 1.807) is 0 Å². The molecule has 0 aromatic carbocycles. The molecule has 98 valence electrons. The first-order valence-corrected chi connectivity index (χ1v) is 6.81. The Bertz CT molecular complexity index is 452. The van der Waals surface area contributed by atoms with Crippen molar-refractivity contribution in [3.05, 3.63) is 11.5 Å². The van der Waals surface area contributed by atoms with Gasteiger partial charge in [-0.1, -0.05) is 11.6 Å². The second kappa shape index (κ2) is 4.55. The Morgan fingerprint density at radius 3 is 3.06 bits per heavy atom. The van der Waals surface area contributed by atoms with Gasteiger partial charge in [0.15, 0.2) is 11.0 Å². The Labute approximate surface area is 112 Å². The Balaban J connectivity index is 1.89. The highest BCUT2D eigenvalue weighted by Gasteiger charge is 2.35. The summed E-state index contributed by atoms with van der Waals surface area (Å²) in [5.41, 5.74) is 6.50. The number of hydrogen-bond donors (Lipinski definition) is 1. The number of rotatable bonds is 1. The first-order valence-electron chi connectivity index (χ1n) is 6.43. The summed E-state index contributed by atoms with van der Waals surface area (Å²) in [6.07, 6.45) is 4.05. The third kappa shape index (κ3) is 1.91. The van der Waals surface area contributed by atoms with Crippen molar-refractivity contribution < 1.29 is 0 Å². The normalized spacial score (nSPS) is 28.4. The number of aromatic nitrogens is 2. The summed E-state index contributed by atoms with van der Waals surface area (Å²) < 4.78 is 0. The van der Waals surface area contributed by atoms with Gasteiger partial charge in [-0.2, -0.15) is 0 Å². The lowest BCUT2D eigenvalue weighted by Gasteiger charge is -2.43. The van der Waals surface area contributed by atoms with E-state index in [4.69, 9.17) is 17.3 Å². The molecular formula is C12H18ClN5. The lowest BCUT2D eigenvalue weighted by atomic mass is 10.1. The van der Waals surface area contributed by atoms with Gasteiger partial charge in [0.05, 0.1) is 0 Å². The molecule has 6 heteroatoms. The standard InChI is InChI=1S/C12H18ClN5/c1-8-5-17-4-2-3-9(17)6-18(8)12-10(14)11(13)15-7-16-12/h7-9H,2-6,14H2,1H3. The van der Waals surface area contributed by atoms with E-state index in [1.165, 1.54) is 25.7 Å². The molecule has 0 bridgehead atoms. The van der Waals surface area contributed by atoms with Crippen molar-refractivity contribution in [3.63, 3.8) is 0 Å². The highest BCUT2D eigenvalue weighted by atomic mass is 35.5. The van der Waals surface area contributed by atoms with Crippen LogP contribution in [0.15, 0.2) is 6.33 Å². The van der Waals surface area contributed by atoms with Crippen LogP contribution in [0, 0.1) is 0 Å². The molecule has 0 spiro atoms. The molecule has 2 aliphatic rings. The summed E-state index contributed by atoms with van der Waals surface area (Å²) in [5, 5.41) is 0.348. The van der Waals surface area contributed by atoms with Crippen LogP contribution in [0.2, 0.25) is 5.15 Å². The van der Waals surface area contributed by atoms with Crippen molar-refractivity contribution in [1.29, 1.82) is 0 Å². The van der Waals surface area contributed by atoms with Crippen LogP contribution < -0.4 is 10.6 Å². The monoisotopic (exact) mass is 267 g/mol. The molecule has 2 unspecified atom stereocenters. The van der Waals surface area contributed by atoms with Gasteiger partial charge in [0.25, 0.3) is 0 Å². The second-order valence-electron chi connectivity index (χ2n) is 5.19. The number of nitrogen functional groups attached to an aromatic ring is 1. The molecule has 0 radical (unpaired) electrons. The molecule has 2 fully saturated rings. The van der Waals surface area contributed by atoms with Gasteiger partial charge in [-0.15, -0.1) is 0 Å². The Morgan fingerprint density at radius 2 is 2.22 bits per heavy atom. The largest absolute Gasteiger partial charge is 0.393 e. The number of nitrogens with two attached hydrogens (primary N) is 1. The van der Waals surface area contributed by atoms with Crippen molar-refractivity contribution in [2.24, 2.45) is 0 Å². The average molecular weight is 268 g/mol. The predicted octanol–water partition coefficient (Wildman–Crippen LogP) is 1.39. The van der Waals surface area contributed by atoms with Crippen LogP contribution in [-0.2, 0) is 0 Å². The first kappa shape index (κ1) is 12.0. The number of fused-ring (bicyclic) bond motifs is 1. The van der Waals surface area contributed by atoms with E-state index in [2.05, 4.69) is 26.7 Å². The van der Waals surface area contributed by atoms with E-state index in [0.717, 1.165) is 18.9 Å². The zero-order chi connectivity index (χ0) is 12.7. The van der Waals surface area contributed by atoms with E-state index >= 15 is 0 Å². The molecule has 2 atom stereocenters. The van der Waals surface area contributed by atoms with Gasteiger partial charge in [-0.25, -0.2) is 9.97 Å². The van der Waals surface area contributed by atoms with E-state index in [-0.39, 0.29) is 0 Å². The molecule has 3 rings (SSSR count). The maximum absolute atomic E-state index is 6.00. The molecule has 2 saturated heterocycles. The van der Waals surface area contributed by atoms with E-state index in [1.807, 2.05) is 0 Å². The number of halogens is 1. The number of piperazine rings is 1. The van der Waals surface area contributed by atoms with Gasteiger partial charge >= 0.3 is 0 Å². The summed E-state index contributed by atoms with van der Waals surface area (Å²) >= 11 is 5.98. The van der Waals surface area contributed by atoms with E-state index in [0.29, 0.717) is 22.9 Å². The zero-order valence-corrected chi connectivity index (χ0v) is 11.3. The summed E-state index contributed by atoms with van der Waals surface area (Å²) in [5.74, 6) is 0.786. The van der Waals surface area contributed by atoms with Crippen LogP contribution in [0.4, 0.5) is 11.5 Å². The minimum atomic E-state index is 0.348. The minimum absolute atomic E-state index is 0.348. The van der Waals surface area contributed by atoms with Crippen LogP contribution in [0.3, 0.4) is 0 Å². The van der Waals surface area contributed by atoms with Crippen LogP contribution in [-0.4, -0.2) is 46.6 Å². The van der Waals surface area contributed by atoms with Gasteiger partial charge < -0.3 is 10.6 Å². The lowest BCUT2D eigenvalue weighted by Crippen LogP contribution is -2.55. The molecule has 2 aliphatic heterocycles. The molecule has 3 heterocycles. The van der Waals surface area contributed by atoms with E-state index in [9.17, 15) is 0 Å². The molecule has 0 saturated carbocycles. The van der Waals surface area contributed by atoms with Crippen LogP contribution in [0.5, 0.6) is 0 Å². The summed E-state index contributed by atoms with van der Waals surface area (Å²) in [6.45, 7) is 5.50. The molecular weight excluding hydrogens is 250 g/mol. The summed E-state index contributed by atoms with van der Waals surface area (Å²) in [7, 11) is 0. The fraction of sp³-hybridized carbons (Fsp3) is 0.667. The highest BCUT2D eigenvalue weighted by molar-refractivity contribution is 6.32. The molecule has 18 heavy (non-hydrogen) atoms. The topological polar surface area (TPSA) is 58.3 Å². The maximum Gasteiger partial charge on any atom is 0.157 e. The molecule has 0 aliphatic carbocycles. The molecule has 1 aromatic rings. The quantitative estimate of drug-likeness (QED) is 0.779. The Hall–Kier alpha value is -1.07. The Kier molecular flexibility index (Phi) is 3.03. The van der Waals surface area contributed by atoms with Crippen molar-refractivity contribution in [3.8, 4) is 0 Å². The van der Waals surface area contributed by atoms with Crippen LogP contribution in [0.1, 0.15) is 19.8 Å². The fourth-order valence-corrected chi connectivity index (χ4v) is 3.21. The smallest absolute Gasteiger partial charge is 0.157 e. The number of hydrogen-bond acceptors (Lipinski definition) is 5.